The van der Waals surface area contributed by atoms with Gasteiger partial charge in [-0.15, -0.1) is 0 Å². The quantitative estimate of drug-likeness (QED) is 0.704. The summed E-state index contributed by atoms with van der Waals surface area (Å²) in [5.41, 5.74) is 0.692. The zero-order valence-corrected chi connectivity index (χ0v) is 15.9. The molecule has 0 saturated carbocycles. The number of carbonyl (C=O) groups is 3. The van der Waals surface area contributed by atoms with E-state index in [4.69, 9.17) is 14.2 Å². The summed E-state index contributed by atoms with van der Waals surface area (Å²) in [6.07, 6.45) is 1.60. The lowest BCUT2D eigenvalue weighted by Crippen LogP contribution is -2.46. The Bertz CT molecular complexity index is 788. The predicted octanol–water partition coefficient (Wildman–Crippen LogP) is 1.60. The molecule has 27 heavy (non-hydrogen) atoms. The van der Waals surface area contributed by atoms with E-state index in [1.165, 1.54) is 14.2 Å². The van der Waals surface area contributed by atoms with Crippen molar-refractivity contribution >= 4 is 34.9 Å². The predicted molar refractivity (Wildman–Crippen MR) is 99.6 cm³/mol. The first kappa shape index (κ1) is 19.2. The van der Waals surface area contributed by atoms with Crippen molar-refractivity contribution in [2.75, 3.05) is 47.1 Å². The normalized spacial score (nSPS) is 19.0. The second-order valence-electron chi connectivity index (χ2n) is 5.88. The van der Waals surface area contributed by atoms with Gasteiger partial charge in [0.05, 0.1) is 32.3 Å². The molecule has 2 aliphatic rings. The third kappa shape index (κ3) is 4.25. The van der Waals surface area contributed by atoms with Gasteiger partial charge in [0.15, 0.2) is 11.5 Å². The fourth-order valence-corrected chi connectivity index (χ4v) is 3.62. The number of morpholine rings is 1. The number of rotatable bonds is 5. The van der Waals surface area contributed by atoms with Crippen LogP contribution in [0.25, 0.3) is 6.08 Å². The van der Waals surface area contributed by atoms with Crippen molar-refractivity contribution in [3.8, 4) is 11.5 Å². The van der Waals surface area contributed by atoms with Gasteiger partial charge in [-0.1, -0.05) is 6.07 Å². The topological polar surface area (TPSA) is 85.4 Å². The number of hydrogen-bond donors (Lipinski definition) is 0. The average molecular weight is 392 g/mol. The second-order valence-corrected chi connectivity index (χ2v) is 6.87. The van der Waals surface area contributed by atoms with Gasteiger partial charge in [-0.3, -0.25) is 19.3 Å². The maximum atomic E-state index is 12.6. The van der Waals surface area contributed by atoms with Crippen LogP contribution in [0.2, 0.25) is 0 Å². The molecule has 0 radical (unpaired) electrons. The molecular formula is C18H20N2O6S. The minimum atomic E-state index is -0.471. The standard InChI is InChI=1S/C18H20N2O6S/c1-24-13-4-3-12(9-14(13)25-2)10-15-17(22)20(18(23)27-15)11-16(21)19-5-7-26-8-6-19/h3-4,9-10H,5-8,11H2,1-2H3/b15-10+. The number of imide groups is 1. The van der Waals surface area contributed by atoms with Gasteiger partial charge in [0.1, 0.15) is 6.54 Å². The molecule has 0 aliphatic carbocycles. The molecule has 0 N–H and O–H groups in total. The third-order valence-corrected chi connectivity index (χ3v) is 5.14. The maximum absolute atomic E-state index is 12.6. The zero-order chi connectivity index (χ0) is 19.4. The Morgan fingerprint density at radius 2 is 1.89 bits per heavy atom. The Morgan fingerprint density at radius 1 is 1.19 bits per heavy atom. The highest BCUT2D eigenvalue weighted by Gasteiger charge is 2.37. The third-order valence-electron chi connectivity index (χ3n) is 4.24. The molecule has 0 spiro atoms. The number of hydrogen-bond acceptors (Lipinski definition) is 7. The van der Waals surface area contributed by atoms with Gasteiger partial charge in [-0.25, -0.2) is 0 Å². The Labute approximate surface area is 161 Å². The lowest BCUT2D eigenvalue weighted by molar-refractivity contribution is -0.139. The first-order valence-corrected chi connectivity index (χ1v) is 9.18. The maximum Gasteiger partial charge on any atom is 0.294 e. The minimum Gasteiger partial charge on any atom is -0.493 e. The monoisotopic (exact) mass is 392 g/mol. The molecule has 3 amide bonds. The summed E-state index contributed by atoms with van der Waals surface area (Å²) in [5, 5.41) is -0.451. The highest BCUT2D eigenvalue weighted by Crippen LogP contribution is 2.34. The van der Waals surface area contributed by atoms with Gasteiger partial charge in [-0.05, 0) is 35.5 Å². The highest BCUT2D eigenvalue weighted by molar-refractivity contribution is 8.18. The number of amides is 3. The van der Waals surface area contributed by atoms with E-state index in [1.54, 1.807) is 29.2 Å². The van der Waals surface area contributed by atoms with E-state index in [9.17, 15) is 14.4 Å². The van der Waals surface area contributed by atoms with Crippen molar-refractivity contribution in [2.24, 2.45) is 0 Å². The smallest absolute Gasteiger partial charge is 0.294 e. The van der Waals surface area contributed by atoms with Crippen molar-refractivity contribution in [3.63, 3.8) is 0 Å². The molecule has 8 nitrogen and oxygen atoms in total. The minimum absolute atomic E-state index is 0.256. The fraction of sp³-hybridized carbons (Fsp3) is 0.389. The van der Waals surface area contributed by atoms with Crippen molar-refractivity contribution in [3.05, 3.63) is 28.7 Å². The molecule has 0 aromatic heterocycles. The van der Waals surface area contributed by atoms with Gasteiger partial charge < -0.3 is 19.1 Å². The summed E-state index contributed by atoms with van der Waals surface area (Å²) in [7, 11) is 3.06. The number of nitrogens with zero attached hydrogens (tertiary/aromatic N) is 2. The molecule has 0 bridgehead atoms. The van der Waals surface area contributed by atoms with Crippen LogP contribution in [0, 0.1) is 0 Å². The van der Waals surface area contributed by atoms with Crippen LogP contribution in [0.1, 0.15) is 5.56 Å². The highest BCUT2D eigenvalue weighted by atomic mass is 32.2. The number of methoxy groups -OCH3 is 2. The van der Waals surface area contributed by atoms with Crippen molar-refractivity contribution in [1.82, 2.24) is 9.80 Å². The molecule has 1 aromatic rings. The summed E-state index contributed by atoms with van der Waals surface area (Å²) >= 11 is 0.820. The Morgan fingerprint density at radius 3 is 2.56 bits per heavy atom. The number of ether oxygens (including phenoxy) is 3. The van der Waals surface area contributed by atoms with E-state index in [-0.39, 0.29) is 17.4 Å². The molecule has 2 saturated heterocycles. The van der Waals surface area contributed by atoms with E-state index in [0.29, 0.717) is 43.4 Å². The van der Waals surface area contributed by atoms with E-state index in [2.05, 4.69) is 0 Å². The van der Waals surface area contributed by atoms with Gasteiger partial charge in [0.25, 0.3) is 11.1 Å². The van der Waals surface area contributed by atoms with Crippen LogP contribution in [0.5, 0.6) is 11.5 Å². The van der Waals surface area contributed by atoms with Crippen LogP contribution in [0.4, 0.5) is 4.79 Å². The van der Waals surface area contributed by atoms with Crippen molar-refractivity contribution < 1.29 is 28.6 Å². The molecule has 9 heteroatoms. The van der Waals surface area contributed by atoms with Crippen LogP contribution >= 0.6 is 11.8 Å². The van der Waals surface area contributed by atoms with Crippen LogP contribution in [0.3, 0.4) is 0 Å². The van der Waals surface area contributed by atoms with Gasteiger partial charge >= 0.3 is 0 Å². The molecule has 2 aliphatic heterocycles. The molecule has 1 aromatic carbocycles. The van der Waals surface area contributed by atoms with E-state index < -0.39 is 11.1 Å². The molecule has 2 fully saturated rings. The average Bonchev–Trinajstić information content (AvgIpc) is 2.95. The van der Waals surface area contributed by atoms with Crippen molar-refractivity contribution in [1.29, 1.82) is 0 Å². The Balaban J connectivity index is 1.73. The van der Waals surface area contributed by atoms with Crippen LogP contribution in [-0.2, 0) is 14.3 Å². The van der Waals surface area contributed by atoms with Crippen LogP contribution in [-0.4, -0.2) is 73.9 Å². The summed E-state index contributed by atoms with van der Waals surface area (Å²) in [4.78, 5) is 40.0. The molecule has 2 heterocycles. The molecule has 144 valence electrons. The van der Waals surface area contributed by atoms with Crippen LogP contribution in [0.15, 0.2) is 23.1 Å². The molecule has 3 rings (SSSR count). The SMILES string of the molecule is COc1ccc(/C=C2/SC(=O)N(CC(=O)N3CCOCC3)C2=O)cc1OC. The van der Waals surface area contributed by atoms with Crippen LogP contribution < -0.4 is 9.47 Å². The summed E-state index contributed by atoms with van der Waals surface area (Å²) in [6, 6.07) is 5.19. The van der Waals surface area contributed by atoms with E-state index in [0.717, 1.165) is 16.7 Å². The van der Waals surface area contributed by atoms with Crippen molar-refractivity contribution in [2.45, 2.75) is 0 Å². The number of thioether (sulfide) groups is 1. The zero-order valence-electron chi connectivity index (χ0n) is 15.1. The van der Waals surface area contributed by atoms with E-state index >= 15 is 0 Å². The Hall–Kier alpha value is -2.52. The van der Waals surface area contributed by atoms with E-state index in [1.807, 2.05) is 0 Å². The summed E-state index contributed by atoms with van der Waals surface area (Å²) < 4.78 is 15.6. The molecule has 0 unspecified atom stereocenters. The van der Waals surface area contributed by atoms with Gasteiger partial charge in [0.2, 0.25) is 5.91 Å². The first-order valence-electron chi connectivity index (χ1n) is 8.36. The second kappa shape index (κ2) is 8.45. The van der Waals surface area contributed by atoms with Gasteiger partial charge in [-0.2, -0.15) is 0 Å². The fourth-order valence-electron chi connectivity index (χ4n) is 2.78. The Kier molecular flexibility index (Phi) is 6.02. The van der Waals surface area contributed by atoms with Gasteiger partial charge in [0, 0.05) is 13.1 Å². The first-order chi connectivity index (χ1) is 13.0. The molecule has 0 atom stereocenters. The lowest BCUT2D eigenvalue weighted by atomic mass is 10.2. The molecular weight excluding hydrogens is 372 g/mol. The lowest BCUT2D eigenvalue weighted by Gasteiger charge is -2.28. The summed E-state index contributed by atoms with van der Waals surface area (Å²) in [5.74, 6) is 0.362. The largest absolute Gasteiger partial charge is 0.493 e. The number of benzene rings is 1. The number of carbonyl (C=O) groups excluding carboxylic acids is 3. The summed E-state index contributed by atoms with van der Waals surface area (Å²) in [6.45, 7) is 1.61.